The second kappa shape index (κ2) is 10.4. The molecule has 1 aromatic carbocycles. The van der Waals surface area contributed by atoms with Gasteiger partial charge >= 0.3 is 5.97 Å². The minimum atomic E-state index is -1.05. The van der Waals surface area contributed by atoms with Gasteiger partial charge in [-0.05, 0) is 57.5 Å². The van der Waals surface area contributed by atoms with Gasteiger partial charge in [-0.2, -0.15) is 5.26 Å². The van der Waals surface area contributed by atoms with Crippen LogP contribution in [0.15, 0.2) is 42.0 Å². The average Bonchev–Trinajstić information content (AvgIpc) is 2.99. The van der Waals surface area contributed by atoms with Crippen LogP contribution in [0.4, 0.5) is 5.69 Å². The van der Waals surface area contributed by atoms with Gasteiger partial charge in [0.25, 0.3) is 5.91 Å². The second-order valence-corrected chi connectivity index (χ2v) is 7.07. The zero-order valence-corrected chi connectivity index (χ0v) is 17.9. The first-order chi connectivity index (χ1) is 14.3. The number of nitrogens with one attached hydrogen (secondary N) is 1. The van der Waals surface area contributed by atoms with Crippen LogP contribution in [0, 0.1) is 25.2 Å². The molecule has 1 heterocycles. The number of benzene rings is 1. The Labute approximate surface area is 176 Å². The van der Waals surface area contributed by atoms with Crippen LogP contribution in [-0.2, 0) is 19.1 Å². The fourth-order valence-corrected chi connectivity index (χ4v) is 3.28. The molecule has 0 bridgehead atoms. The number of nitrogens with zero attached hydrogens (tertiary/aromatic N) is 2. The van der Waals surface area contributed by atoms with Crippen LogP contribution < -0.4 is 5.32 Å². The molecule has 0 saturated heterocycles. The molecule has 1 aromatic heterocycles. The van der Waals surface area contributed by atoms with E-state index >= 15 is 0 Å². The van der Waals surface area contributed by atoms with Crippen LogP contribution in [0.2, 0.25) is 0 Å². The van der Waals surface area contributed by atoms with Gasteiger partial charge in [-0.1, -0.05) is 18.2 Å². The fraction of sp³-hybridized carbons (Fsp3) is 0.348. The number of rotatable bonds is 8. The minimum Gasteiger partial charge on any atom is -0.448 e. The number of aromatic nitrogens is 1. The first-order valence-corrected chi connectivity index (χ1v) is 9.64. The Bertz CT molecular complexity index is 970. The first-order valence-electron chi connectivity index (χ1n) is 9.64. The predicted molar refractivity (Wildman–Crippen MR) is 115 cm³/mol. The summed E-state index contributed by atoms with van der Waals surface area (Å²) in [6.07, 6.45) is 0.436. The zero-order chi connectivity index (χ0) is 22.3. The van der Waals surface area contributed by atoms with E-state index in [4.69, 9.17) is 9.47 Å². The molecule has 0 saturated carbocycles. The molecular weight excluding hydrogens is 382 g/mol. The third kappa shape index (κ3) is 5.58. The number of nitriles is 1. The normalized spacial score (nSPS) is 13.3. The van der Waals surface area contributed by atoms with Crippen molar-refractivity contribution in [3.05, 3.63) is 58.9 Å². The molecule has 0 unspecified atom stereocenters. The maximum absolute atomic E-state index is 12.5. The lowest BCUT2D eigenvalue weighted by atomic mass is 10.1. The van der Waals surface area contributed by atoms with Gasteiger partial charge in [0.05, 0.1) is 12.6 Å². The number of amides is 1. The molecule has 0 spiro atoms. The zero-order valence-electron chi connectivity index (χ0n) is 17.9. The molecule has 7 nitrogen and oxygen atoms in total. The predicted octanol–water partition coefficient (Wildman–Crippen LogP) is 3.79. The first kappa shape index (κ1) is 22.9. The number of aryl methyl sites for hydroxylation is 1. The maximum Gasteiger partial charge on any atom is 0.349 e. The highest BCUT2D eigenvalue weighted by molar-refractivity contribution is 6.01. The molecular formula is C23H27N3O4. The van der Waals surface area contributed by atoms with E-state index in [2.05, 4.69) is 9.88 Å². The van der Waals surface area contributed by atoms with E-state index in [1.54, 1.807) is 31.4 Å². The molecule has 0 aliphatic carbocycles. The van der Waals surface area contributed by atoms with E-state index in [9.17, 15) is 14.9 Å². The Hall–Kier alpha value is -3.37. The Morgan fingerprint density at radius 3 is 2.50 bits per heavy atom. The van der Waals surface area contributed by atoms with Gasteiger partial charge in [0.15, 0.2) is 6.10 Å². The highest BCUT2D eigenvalue weighted by Gasteiger charge is 2.22. The third-order valence-electron chi connectivity index (χ3n) is 4.71. The van der Waals surface area contributed by atoms with E-state index in [0.29, 0.717) is 12.3 Å². The molecule has 0 radical (unpaired) electrons. The lowest BCUT2D eigenvalue weighted by Crippen LogP contribution is -2.30. The Kier molecular flexibility index (Phi) is 7.96. The van der Waals surface area contributed by atoms with E-state index in [-0.39, 0.29) is 11.6 Å². The van der Waals surface area contributed by atoms with Crippen LogP contribution in [0.1, 0.15) is 36.8 Å². The largest absolute Gasteiger partial charge is 0.448 e. The van der Waals surface area contributed by atoms with E-state index in [0.717, 1.165) is 17.0 Å². The monoisotopic (exact) mass is 409 g/mol. The standard InChI is InChI=1S/C23H27N3O4/c1-15-11-19(17(3)26(15)16(2)14-29-5)12-20(13-24)23(28)30-18(4)22(27)25-21-9-7-6-8-10-21/h6-12,16,18H,14H2,1-5H3,(H,25,27)/b20-12+/t16-,18-/m1/s1. The van der Waals surface area contributed by atoms with Crippen LogP contribution in [0.25, 0.3) is 6.08 Å². The van der Waals surface area contributed by atoms with Crippen molar-refractivity contribution < 1.29 is 19.1 Å². The summed E-state index contributed by atoms with van der Waals surface area (Å²) in [5.41, 5.74) is 3.07. The number of ether oxygens (including phenoxy) is 2. The van der Waals surface area contributed by atoms with Gasteiger partial charge in [-0.3, -0.25) is 4.79 Å². The number of anilines is 1. The van der Waals surface area contributed by atoms with Gasteiger partial charge in [0.1, 0.15) is 11.6 Å². The van der Waals surface area contributed by atoms with Crippen molar-refractivity contribution in [1.29, 1.82) is 5.26 Å². The van der Waals surface area contributed by atoms with Crippen molar-refractivity contribution in [3.63, 3.8) is 0 Å². The number of hydrogen-bond acceptors (Lipinski definition) is 5. The van der Waals surface area contributed by atoms with Gasteiger partial charge in [-0.25, -0.2) is 4.79 Å². The van der Waals surface area contributed by atoms with Crippen molar-refractivity contribution in [2.75, 3.05) is 19.0 Å². The molecule has 2 atom stereocenters. The molecule has 2 aromatic rings. The summed E-state index contributed by atoms with van der Waals surface area (Å²) in [5.74, 6) is -1.32. The number of hydrogen-bond donors (Lipinski definition) is 1. The average molecular weight is 409 g/mol. The summed E-state index contributed by atoms with van der Waals surface area (Å²) < 4.78 is 12.5. The van der Waals surface area contributed by atoms with Crippen LogP contribution in [-0.4, -0.2) is 36.3 Å². The van der Waals surface area contributed by atoms with E-state index in [1.807, 2.05) is 39.0 Å². The van der Waals surface area contributed by atoms with Crippen molar-refractivity contribution in [2.24, 2.45) is 0 Å². The summed E-state index contributed by atoms with van der Waals surface area (Å²) >= 11 is 0. The quantitative estimate of drug-likeness (QED) is 0.407. The molecule has 7 heteroatoms. The lowest BCUT2D eigenvalue weighted by Gasteiger charge is -2.17. The highest BCUT2D eigenvalue weighted by Crippen LogP contribution is 2.23. The summed E-state index contributed by atoms with van der Waals surface area (Å²) in [4.78, 5) is 24.7. The molecule has 0 fully saturated rings. The number of methoxy groups -OCH3 is 1. The van der Waals surface area contributed by atoms with Gasteiger partial charge in [-0.15, -0.1) is 0 Å². The summed E-state index contributed by atoms with van der Waals surface area (Å²) in [6, 6.07) is 12.7. The van der Waals surface area contributed by atoms with Gasteiger partial charge in [0.2, 0.25) is 0 Å². The summed E-state index contributed by atoms with van der Waals surface area (Å²) in [6.45, 7) is 7.91. The summed E-state index contributed by atoms with van der Waals surface area (Å²) in [7, 11) is 1.64. The van der Waals surface area contributed by atoms with Gasteiger partial charge in [0, 0.05) is 24.2 Å². The number of para-hydroxylation sites is 1. The Morgan fingerprint density at radius 1 is 1.23 bits per heavy atom. The summed E-state index contributed by atoms with van der Waals surface area (Å²) in [5, 5.41) is 12.1. The van der Waals surface area contributed by atoms with Crippen LogP contribution >= 0.6 is 0 Å². The third-order valence-corrected chi connectivity index (χ3v) is 4.71. The van der Waals surface area contributed by atoms with Crippen LogP contribution in [0.3, 0.4) is 0 Å². The molecule has 2 rings (SSSR count). The van der Waals surface area contributed by atoms with Crippen molar-refractivity contribution in [1.82, 2.24) is 4.57 Å². The number of esters is 1. The smallest absolute Gasteiger partial charge is 0.349 e. The maximum atomic E-state index is 12.5. The van der Waals surface area contributed by atoms with E-state index < -0.39 is 18.0 Å². The number of carbonyl (C=O) groups excluding carboxylic acids is 2. The second-order valence-electron chi connectivity index (χ2n) is 7.07. The SMILES string of the molecule is COC[C@@H](C)n1c(C)cc(/C=C(\C#N)C(=O)O[C@H](C)C(=O)Nc2ccccc2)c1C. The highest BCUT2D eigenvalue weighted by atomic mass is 16.5. The minimum absolute atomic E-state index is 0.108. The molecule has 158 valence electrons. The van der Waals surface area contributed by atoms with Crippen LogP contribution in [0.5, 0.6) is 0 Å². The van der Waals surface area contributed by atoms with Crippen molar-refractivity contribution >= 4 is 23.6 Å². The fourth-order valence-electron chi connectivity index (χ4n) is 3.28. The van der Waals surface area contributed by atoms with Crippen molar-refractivity contribution in [3.8, 4) is 6.07 Å². The molecule has 30 heavy (non-hydrogen) atoms. The molecule has 0 aliphatic heterocycles. The Balaban J connectivity index is 2.14. The topological polar surface area (TPSA) is 93.3 Å². The van der Waals surface area contributed by atoms with Gasteiger partial charge < -0.3 is 19.4 Å². The number of carbonyl (C=O) groups is 2. The molecule has 0 aliphatic rings. The van der Waals surface area contributed by atoms with Crippen molar-refractivity contribution in [2.45, 2.75) is 39.8 Å². The molecule has 1 N–H and O–H groups in total. The molecule has 1 amide bonds. The van der Waals surface area contributed by atoms with E-state index in [1.165, 1.54) is 13.0 Å². The lowest BCUT2D eigenvalue weighted by molar-refractivity contribution is -0.148. The Morgan fingerprint density at radius 2 is 1.90 bits per heavy atom.